The van der Waals surface area contributed by atoms with E-state index in [1.54, 1.807) is 17.2 Å². The predicted octanol–water partition coefficient (Wildman–Crippen LogP) is 0.369. The second kappa shape index (κ2) is 4.99. The Hall–Kier alpha value is -2.31. The lowest BCUT2D eigenvalue weighted by Gasteiger charge is -2.22. The van der Waals surface area contributed by atoms with Gasteiger partial charge in [0.05, 0.1) is 19.2 Å². The number of hydrogen-bond donors (Lipinski definition) is 2. The zero-order valence-electron chi connectivity index (χ0n) is 10.8. The van der Waals surface area contributed by atoms with Gasteiger partial charge in [0.15, 0.2) is 0 Å². The summed E-state index contributed by atoms with van der Waals surface area (Å²) in [6.07, 6.45) is 3.48. The van der Waals surface area contributed by atoms with Crippen LogP contribution in [0.1, 0.15) is 25.0 Å². The number of imide groups is 1. The molecule has 0 bridgehead atoms. The average Bonchev–Trinajstić information content (AvgIpc) is 3.01. The van der Waals surface area contributed by atoms with Crippen LogP contribution in [0.4, 0.5) is 4.79 Å². The summed E-state index contributed by atoms with van der Waals surface area (Å²) in [5.41, 5.74) is 0. The van der Waals surface area contributed by atoms with E-state index in [0.717, 1.165) is 12.8 Å². The fourth-order valence-electron chi connectivity index (χ4n) is 2.27. The van der Waals surface area contributed by atoms with E-state index in [1.165, 1.54) is 0 Å². The molecule has 106 valence electrons. The highest BCUT2D eigenvalue weighted by atomic mass is 16.3. The fourth-order valence-corrected chi connectivity index (χ4v) is 2.27. The van der Waals surface area contributed by atoms with Crippen molar-refractivity contribution < 1.29 is 18.8 Å². The minimum Gasteiger partial charge on any atom is -0.467 e. The molecule has 0 unspecified atom stereocenters. The first-order valence-electron chi connectivity index (χ1n) is 6.56. The predicted molar refractivity (Wildman–Crippen MR) is 67.4 cm³/mol. The molecule has 1 saturated heterocycles. The van der Waals surface area contributed by atoms with Crippen LogP contribution in [0, 0.1) is 0 Å². The third-order valence-electron chi connectivity index (χ3n) is 3.45. The lowest BCUT2D eigenvalue weighted by Crippen LogP contribution is -2.39. The molecule has 3 rings (SSSR count). The van der Waals surface area contributed by atoms with Crippen molar-refractivity contribution in [3.8, 4) is 0 Å². The molecular weight excluding hydrogens is 262 g/mol. The molecule has 0 radical (unpaired) electrons. The third kappa shape index (κ3) is 2.66. The molecule has 2 N–H and O–H groups in total. The van der Waals surface area contributed by atoms with Gasteiger partial charge in [0.25, 0.3) is 5.91 Å². The van der Waals surface area contributed by atoms with Gasteiger partial charge in [-0.05, 0) is 25.0 Å². The Morgan fingerprint density at radius 3 is 2.75 bits per heavy atom. The molecule has 0 spiro atoms. The first-order chi connectivity index (χ1) is 9.63. The van der Waals surface area contributed by atoms with Gasteiger partial charge in [-0.15, -0.1) is 0 Å². The smallest absolute Gasteiger partial charge is 0.322 e. The zero-order chi connectivity index (χ0) is 14.1. The van der Waals surface area contributed by atoms with Crippen LogP contribution >= 0.6 is 0 Å². The van der Waals surface area contributed by atoms with E-state index in [2.05, 4.69) is 10.6 Å². The van der Waals surface area contributed by atoms with Gasteiger partial charge in [-0.2, -0.15) is 0 Å². The van der Waals surface area contributed by atoms with Crippen molar-refractivity contribution in [2.24, 2.45) is 0 Å². The van der Waals surface area contributed by atoms with Gasteiger partial charge in [0.2, 0.25) is 5.91 Å². The zero-order valence-corrected chi connectivity index (χ0v) is 10.8. The van der Waals surface area contributed by atoms with E-state index < -0.39 is 18.0 Å². The Balaban J connectivity index is 1.64. The van der Waals surface area contributed by atoms with E-state index >= 15 is 0 Å². The van der Waals surface area contributed by atoms with Crippen LogP contribution in [0.25, 0.3) is 0 Å². The average molecular weight is 277 g/mol. The highest BCUT2D eigenvalue weighted by molar-refractivity contribution is 6.05. The fraction of sp³-hybridized carbons (Fsp3) is 0.462. The molecule has 1 saturated carbocycles. The second-order valence-corrected chi connectivity index (χ2v) is 5.05. The van der Waals surface area contributed by atoms with E-state index in [1.807, 2.05) is 6.07 Å². The molecule has 7 heteroatoms. The van der Waals surface area contributed by atoms with E-state index in [4.69, 9.17) is 4.42 Å². The normalized spacial score (nSPS) is 21.5. The molecule has 1 aromatic rings. The van der Waals surface area contributed by atoms with Crippen molar-refractivity contribution in [2.45, 2.75) is 37.9 Å². The number of amides is 4. The molecule has 1 aliphatic carbocycles. The molecule has 2 fully saturated rings. The molecule has 2 aliphatic rings. The monoisotopic (exact) mass is 277 g/mol. The van der Waals surface area contributed by atoms with E-state index in [9.17, 15) is 14.4 Å². The van der Waals surface area contributed by atoms with Crippen LogP contribution in [-0.2, 0) is 16.1 Å². The van der Waals surface area contributed by atoms with Crippen molar-refractivity contribution in [3.05, 3.63) is 24.2 Å². The number of nitrogens with one attached hydrogen (secondary N) is 2. The van der Waals surface area contributed by atoms with Crippen molar-refractivity contribution in [3.63, 3.8) is 0 Å². The summed E-state index contributed by atoms with van der Waals surface area (Å²) < 4.78 is 5.26. The highest BCUT2D eigenvalue weighted by Gasteiger charge is 2.37. The Bertz CT molecular complexity index is 536. The van der Waals surface area contributed by atoms with Gasteiger partial charge < -0.3 is 14.6 Å². The summed E-state index contributed by atoms with van der Waals surface area (Å²) in [4.78, 5) is 36.5. The highest BCUT2D eigenvalue weighted by Crippen LogP contribution is 2.29. The quantitative estimate of drug-likeness (QED) is 0.761. The van der Waals surface area contributed by atoms with Crippen LogP contribution in [0.3, 0.4) is 0 Å². The molecular formula is C13H15N3O4. The van der Waals surface area contributed by atoms with Gasteiger partial charge in [-0.1, -0.05) is 0 Å². The number of carbonyl (C=O) groups excluding carboxylic acids is 3. The largest absolute Gasteiger partial charge is 0.467 e. The molecule has 1 aliphatic heterocycles. The minimum absolute atomic E-state index is 0.0191. The van der Waals surface area contributed by atoms with Crippen LogP contribution < -0.4 is 10.6 Å². The molecule has 20 heavy (non-hydrogen) atoms. The number of hydrogen-bond acceptors (Lipinski definition) is 4. The molecule has 1 atom stereocenters. The maximum atomic E-state index is 12.3. The van der Waals surface area contributed by atoms with Gasteiger partial charge >= 0.3 is 6.03 Å². The number of furan rings is 1. The summed E-state index contributed by atoms with van der Waals surface area (Å²) in [6, 6.07) is 2.49. The van der Waals surface area contributed by atoms with Gasteiger partial charge in [-0.25, -0.2) is 4.79 Å². The summed E-state index contributed by atoms with van der Waals surface area (Å²) in [5, 5.41) is 4.56. The Morgan fingerprint density at radius 1 is 1.40 bits per heavy atom. The third-order valence-corrected chi connectivity index (χ3v) is 3.45. The molecule has 4 amide bonds. The maximum absolute atomic E-state index is 12.3. The number of rotatable bonds is 5. The SMILES string of the molecule is O=C1NC(=O)[C@H](CC(=O)N(Cc2ccco2)C2CC2)N1. The molecule has 2 heterocycles. The summed E-state index contributed by atoms with van der Waals surface area (Å²) >= 11 is 0. The second-order valence-electron chi connectivity index (χ2n) is 5.05. The van der Waals surface area contributed by atoms with Crippen LogP contribution in [0.2, 0.25) is 0 Å². The van der Waals surface area contributed by atoms with E-state index in [-0.39, 0.29) is 18.4 Å². The van der Waals surface area contributed by atoms with Crippen molar-refractivity contribution in [1.29, 1.82) is 0 Å². The van der Waals surface area contributed by atoms with Crippen molar-refractivity contribution in [2.75, 3.05) is 0 Å². The molecule has 0 aromatic carbocycles. The Labute approximate surface area is 115 Å². The van der Waals surface area contributed by atoms with E-state index in [0.29, 0.717) is 12.3 Å². The number of urea groups is 1. The molecule has 7 nitrogen and oxygen atoms in total. The minimum atomic E-state index is -0.771. The van der Waals surface area contributed by atoms with Crippen LogP contribution in [0.5, 0.6) is 0 Å². The van der Waals surface area contributed by atoms with Crippen LogP contribution in [-0.4, -0.2) is 34.8 Å². The topological polar surface area (TPSA) is 91.7 Å². The Morgan fingerprint density at radius 2 is 2.20 bits per heavy atom. The van der Waals surface area contributed by atoms with Gasteiger partial charge in [0, 0.05) is 6.04 Å². The standard InChI is InChI=1S/C13H15N3O4/c17-11(6-10-12(18)15-13(19)14-10)16(8-3-4-8)7-9-2-1-5-20-9/h1-2,5,8,10H,3-4,6-7H2,(H2,14,15,18,19)/t10-/m0/s1. The number of nitrogens with zero attached hydrogens (tertiary/aromatic N) is 1. The van der Waals surface area contributed by atoms with Crippen molar-refractivity contribution in [1.82, 2.24) is 15.5 Å². The number of carbonyl (C=O) groups is 3. The summed E-state index contributed by atoms with van der Waals surface area (Å²) in [5.74, 6) is 0.119. The van der Waals surface area contributed by atoms with Crippen molar-refractivity contribution >= 4 is 17.8 Å². The summed E-state index contributed by atoms with van der Waals surface area (Å²) in [6.45, 7) is 0.402. The summed E-state index contributed by atoms with van der Waals surface area (Å²) in [7, 11) is 0. The Kier molecular flexibility index (Phi) is 3.17. The van der Waals surface area contributed by atoms with Gasteiger partial charge in [-0.3, -0.25) is 14.9 Å². The first-order valence-corrected chi connectivity index (χ1v) is 6.56. The van der Waals surface area contributed by atoms with Gasteiger partial charge in [0.1, 0.15) is 11.8 Å². The lowest BCUT2D eigenvalue weighted by molar-refractivity contribution is -0.135. The maximum Gasteiger partial charge on any atom is 0.322 e. The van der Waals surface area contributed by atoms with Crippen LogP contribution in [0.15, 0.2) is 22.8 Å². The lowest BCUT2D eigenvalue weighted by atomic mass is 10.2. The first kappa shape index (κ1) is 12.7. The molecule has 1 aromatic heterocycles.